The maximum atomic E-state index is 3.78. The Bertz CT molecular complexity index is 1060. The van der Waals surface area contributed by atoms with Crippen molar-refractivity contribution < 1.29 is 0 Å². The summed E-state index contributed by atoms with van der Waals surface area (Å²) >= 11 is 0. The molecular formula is C28H26NP. The van der Waals surface area contributed by atoms with E-state index in [1.807, 2.05) is 0 Å². The number of nitrogens with one attached hydrogen (secondary N) is 1. The van der Waals surface area contributed by atoms with Crippen LogP contribution < -0.4 is 15.9 Å². The Morgan fingerprint density at radius 3 is 1.57 bits per heavy atom. The maximum absolute atomic E-state index is 3.78. The quantitative estimate of drug-likeness (QED) is 0.345. The number of rotatable bonds is 6. The van der Waals surface area contributed by atoms with Gasteiger partial charge in [0.15, 0.2) is 0 Å². The lowest BCUT2D eigenvalue weighted by Crippen LogP contribution is -2.11. The molecule has 0 bridgehead atoms. The van der Waals surface area contributed by atoms with Gasteiger partial charge in [0.1, 0.15) is 0 Å². The predicted octanol–water partition coefficient (Wildman–Crippen LogP) is 6.85. The standard InChI is InChI=1S/C28H26NP/c1-22-13-12-14-23(2)28(22)29-27(24-15-6-3-7-16-24)21-30(25-17-8-4-9-18-25)26-19-10-5-11-20-26/h3-21,29H,1-2H3/b27-21+. The molecule has 0 aliphatic carbocycles. The van der Waals surface area contributed by atoms with Crippen molar-refractivity contribution in [1.29, 1.82) is 0 Å². The highest BCUT2D eigenvalue weighted by Gasteiger charge is 2.14. The Morgan fingerprint density at radius 1 is 0.600 bits per heavy atom. The van der Waals surface area contributed by atoms with Crippen molar-refractivity contribution in [2.75, 3.05) is 5.32 Å². The van der Waals surface area contributed by atoms with Crippen LogP contribution in [0.4, 0.5) is 5.69 Å². The first-order valence-electron chi connectivity index (χ1n) is 10.2. The highest BCUT2D eigenvalue weighted by Crippen LogP contribution is 2.39. The molecular weight excluding hydrogens is 381 g/mol. The van der Waals surface area contributed by atoms with Gasteiger partial charge in [0.2, 0.25) is 0 Å². The van der Waals surface area contributed by atoms with Crippen LogP contribution in [-0.4, -0.2) is 0 Å². The van der Waals surface area contributed by atoms with Crippen LogP contribution in [0.5, 0.6) is 0 Å². The third-order valence-electron chi connectivity index (χ3n) is 5.15. The molecule has 1 N–H and O–H groups in total. The minimum absolute atomic E-state index is 0.654. The fourth-order valence-corrected chi connectivity index (χ4v) is 5.60. The highest BCUT2D eigenvalue weighted by atomic mass is 31.1. The molecule has 0 fully saturated rings. The van der Waals surface area contributed by atoms with Crippen molar-refractivity contribution in [1.82, 2.24) is 0 Å². The summed E-state index contributed by atoms with van der Waals surface area (Å²) in [5.41, 5.74) is 6.02. The second-order valence-corrected chi connectivity index (χ2v) is 9.37. The minimum Gasteiger partial charge on any atom is -0.355 e. The monoisotopic (exact) mass is 407 g/mol. The van der Waals surface area contributed by atoms with E-state index < -0.39 is 7.92 Å². The lowest BCUT2D eigenvalue weighted by molar-refractivity contribution is 1.36. The van der Waals surface area contributed by atoms with E-state index in [1.54, 1.807) is 0 Å². The van der Waals surface area contributed by atoms with Gasteiger partial charge in [-0.15, -0.1) is 0 Å². The Morgan fingerprint density at radius 2 is 1.07 bits per heavy atom. The van der Waals surface area contributed by atoms with Crippen LogP contribution in [0, 0.1) is 13.8 Å². The van der Waals surface area contributed by atoms with E-state index in [2.05, 4.69) is 134 Å². The van der Waals surface area contributed by atoms with Crippen LogP contribution in [0.3, 0.4) is 0 Å². The summed E-state index contributed by atoms with van der Waals surface area (Å²) in [4.78, 5) is 0. The highest BCUT2D eigenvalue weighted by molar-refractivity contribution is 7.76. The molecule has 0 heterocycles. The molecule has 0 aliphatic rings. The van der Waals surface area contributed by atoms with Gasteiger partial charge in [0, 0.05) is 11.4 Å². The Hall–Kier alpha value is -3.15. The van der Waals surface area contributed by atoms with E-state index in [4.69, 9.17) is 0 Å². The lowest BCUT2D eigenvalue weighted by Gasteiger charge is -2.20. The normalized spacial score (nSPS) is 11.5. The SMILES string of the molecule is Cc1cccc(C)c1N/C(=C/P(c1ccccc1)c1ccccc1)c1ccccc1. The van der Waals surface area contributed by atoms with Crippen molar-refractivity contribution in [2.24, 2.45) is 0 Å². The fraction of sp³-hybridized carbons (Fsp3) is 0.0714. The largest absolute Gasteiger partial charge is 0.355 e. The van der Waals surface area contributed by atoms with Crippen LogP contribution in [0.2, 0.25) is 0 Å². The van der Waals surface area contributed by atoms with Crippen LogP contribution in [0.1, 0.15) is 16.7 Å². The van der Waals surface area contributed by atoms with Gasteiger partial charge in [0.05, 0.1) is 0 Å². The second-order valence-electron chi connectivity index (χ2n) is 7.34. The van der Waals surface area contributed by atoms with E-state index in [9.17, 15) is 0 Å². The van der Waals surface area contributed by atoms with E-state index in [1.165, 1.54) is 33.0 Å². The van der Waals surface area contributed by atoms with Gasteiger partial charge in [-0.2, -0.15) is 0 Å². The molecule has 0 spiro atoms. The molecule has 4 aromatic rings. The Kier molecular flexibility index (Phi) is 6.42. The molecule has 0 atom stereocenters. The van der Waals surface area contributed by atoms with Gasteiger partial charge < -0.3 is 5.32 Å². The number of hydrogen-bond donors (Lipinski definition) is 1. The molecule has 4 aromatic carbocycles. The molecule has 4 rings (SSSR count). The number of anilines is 1. The minimum atomic E-state index is -0.654. The van der Waals surface area contributed by atoms with E-state index >= 15 is 0 Å². The average molecular weight is 407 g/mol. The summed E-state index contributed by atoms with van der Waals surface area (Å²) in [6.45, 7) is 4.32. The topological polar surface area (TPSA) is 12.0 Å². The molecule has 0 aliphatic heterocycles. The molecule has 148 valence electrons. The first kappa shape index (κ1) is 20.1. The predicted molar refractivity (Wildman–Crippen MR) is 133 cm³/mol. The first-order valence-corrected chi connectivity index (χ1v) is 11.6. The number of benzene rings is 4. The fourth-order valence-electron chi connectivity index (χ4n) is 3.55. The van der Waals surface area contributed by atoms with Crippen LogP contribution in [0.15, 0.2) is 115 Å². The van der Waals surface area contributed by atoms with E-state index in [0.717, 1.165) is 5.70 Å². The van der Waals surface area contributed by atoms with Crippen LogP contribution >= 0.6 is 7.92 Å². The van der Waals surface area contributed by atoms with Gasteiger partial charge >= 0.3 is 0 Å². The zero-order chi connectivity index (χ0) is 20.8. The summed E-state index contributed by atoms with van der Waals surface area (Å²) in [6.07, 6.45) is 0. The maximum Gasteiger partial charge on any atom is 0.0469 e. The number of aryl methyl sites for hydroxylation is 2. The third kappa shape index (κ3) is 4.70. The second kappa shape index (κ2) is 9.57. The average Bonchev–Trinajstić information content (AvgIpc) is 2.80. The first-order chi connectivity index (χ1) is 14.7. The van der Waals surface area contributed by atoms with E-state index in [0.29, 0.717) is 0 Å². The molecule has 2 heteroatoms. The molecule has 1 nitrogen and oxygen atoms in total. The molecule has 0 saturated carbocycles. The van der Waals surface area contributed by atoms with Gasteiger partial charge in [0.25, 0.3) is 0 Å². The van der Waals surface area contributed by atoms with Crippen molar-refractivity contribution in [3.8, 4) is 0 Å². The zero-order valence-electron chi connectivity index (χ0n) is 17.4. The summed E-state index contributed by atoms with van der Waals surface area (Å²) in [5.74, 6) is 2.42. The van der Waals surface area contributed by atoms with Gasteiger partial charge in [-0.25, -0.2) is 0 Å². The smallest absolute Gasteiger partial charge is 0.0469 e. The summed E-state index contributed by atoms with van der Waals surface area (Å²) in [7, 11) is -0.654. The molecule has 0 amide bonds. The lowest BCUT2D eigenvalue weighted by atomic mass is 10.1. The zero-order valence-corrected chi connectivity index (χ0v) is 18.3. The summed E-state index contributed by atoms with van der Waals surface area (Å²) < 4.78 is 0. The van der Waals surface area contributed by atoms with Crippen molar-refractivity contribution in [2.45, 2.75) is 13.8 Å². The van der Waals surface area contributed by atoms with Crippen LogP contribution in [0.25, 0.3) is 5.70 Å². The van der Waals surface area contributed by atoms with Gasteiger partial charge in [-0.05, 0) is 54.9 Å². The van der Waals surface area contributed by atoms with Crippen LogP contribution in [-0.2, 0) is 0 Å². The third-order valence-corrected chi connectivity index (χ3v) is 7.38. The Labute approximate surface area is 180 Å². The van der Waals surface area contributed by atoms with Gasteiger partial charge in [-0.1, -0.05) is 109 Å². The molecule has 30 heavy (non-hydrogen) atoms. The molecule has 0 unspecified atom stereocenters. The number of hydrogen-bond acceptors (Lipinski definition) is 1. The molecule has 0 aromatic heterocycles. The summed E-state index contributed by atoms with van der Waals surface area (Å²) in [5, 5.41) is 6.47. The van der Waals surface area contributed by atoms with Crippen molar-refractivity contribution in [3.63, 3.8) is 0 Å². The summed E-state index contributed by atoms with van der Waals surface area (Å²) in [6, 6.07) is 38.7. The van der Waals surface area contributed by atoms with Crippen molar-refractivity contribution in [3.05, 3.63) is 132 Å². The number of para-hydroxylation sites is 1. The molecule has 0 saturated heterocycles. The molecule has 0 radical (unpaired) electrons. The van der Waals surface area contributed by atoms with E-state index in [-0.39, 0.29) is 0 Å². The van der Waals surface area contributed by atoms with Crippen molar-refractivity contribution >= 4 is 29.9 Å². The van der Waals surface area contributed by atoms with Gasteiger partial charge in [-0.3, -0.25) is 0 Å². The Balaban J connectivity index is 1.85.